The summed E-state index contributed by atoms with van der Waals surface area (Å²) in [6.07, 6.45) is -0.362. The summed E-state index contributed by atoms with van der Waals surface area (Å²) in [5.41, 5.74) is 1.92. The third-order valence-corrected chi connectivity index (χ3v) is 6.88. The summed E-state index contributed by atoms with van der Waals surface area (Å²) >= 11 is 0. The second kappa shape index (κ2) is 7.00. The maximum Gasteiger partial charge on any atom is 0.250 e. The number of aryl methyl sites for hydroxylation is 1. The monoisotopic (exact) mass is 419 g/mol. The van der Waals surface area contributed by atoms with E-state index < -0.39 is 29.5 Å². The average Bonchev–Trinajstić information content (AvgIpc) is 3.33. The standard InChI is InChI=1S/C24H25N3O4/c1-13-8-9-17-16(12-13)24(23(31)25-17)19-18(20(26-24)14(2)28)21(29)27(22(19)30)11-10-15-6-4-3-5-7-15/h3-9,12,14,18-20,26,28H,10-11H2,1-2H3,(H,25,31)/t14-,18+,19-,20-,24+/m1/s1. The largest absolute Gasteiger partial charge is 0.392 e. The zero-order valence-corrected chi connectivity index (χ0v) is 17.5. The number of anilines is 1. The molecule has 0 aliphatic carbocycles. The predicted molar refractivity (Wildman–Crippen MR) is 114 cm³/mol. The third-order valence-electron chi connectivity index (χ3n) is 6.88. The number of aliphatic hydroxyl groups excluding tert-OH is 1. The van der Waals surface area contributed by atoms with E-state index in [2.05, 4.69) is 10.6 Å². The number of amides is 3. The lowest BCUT2D eigenvalue weighted by Crippen LogP contribution is -2.55. The number of likely N-dealkylation sites (tertiary alicyclic amines) is 1. The van der Waals surface area contributed by atoms with Crippen molar-refractivity contribution in [2.24, 2.45) is 11.8 Å². The fourth-order valence-corrected chi connectivity index (χ4v) is 5.43. The Labute approximate surface area is 180 Å². The van der Waals surface area contributed by atoms with Gasteiger partial charge in [0.25, 0.3) is 0 Å². The number of aliphatic hydroxyl groups is 1. The lowest BCUT2D eigenvalue weighted by molar-refractivity contribution is -0.143. The predicted octanol–water partition coefficient (Wildman–Crippen LogP) is 1.34. The first kappa shape index (κ1) is 19.9. The highest BCUT2D eigenvalue weighted by atomic mass is 16.3. The molecule has 5 rings (SSSR count). The van der Waals surface area contributed by atoms with Crippen LogP contribution < -0.4 is 10.6 Å². The molecule has 0 unspecified atom stereocenters. The first-order chi connectivity index (χ1) is 14.8. The molecular formula is C24H25N3O4. The average molecular weight is 419 g/mol. The van der Waals surface area contributed by atoms with Gasteiger partial charge in [-0.2, -0.15) is 0 Å². The number of benzene rings is 2. The van der Waals surface area contributed by atoms with Gasteiger partial charge in [0.1, 0.15) is 5.54 Å². The van der Waals surface area contributed by atoms with E-state index in [1.165, 1.54) is 4.90 Å². The highest BCUT2D eigenvalue weighted by Crippen LogP contribution is 2.53. The summed E-state index contributed by atoms with van der Waals surface area (Å²) in [4.78, 5) is 41.5. The molecule has 31 heavy (non-hydrogen) atoms. The molecule has 0 radical (unpaired) electrons. The molecule has 3 heterocycles. The minimum atomic E-state index is -1.36. The molecule has 2 aromatic carbocycles. The number of imide groups is 1. The van der Waals surface area contributed by atoms with Crippen LogP contribution in [-0.4, -0.2) is 46.4 Å². The Hall–Kier alpha value is -3.03. The minimum absolute atomic E-state index is 0.250. The molecule has 2 saturated heterocycles. The van der Waals surface area contributed by atoms with Crippen molar-refractivity contribution in [2.75, 3.05) is 11.9 Å². The summed E-state index contributed by atoms with van der Waals surface area (Å²) in [5, 5.41) is 16.6. The molecule has 1 spiro atoms. The van der Waals surface area contributed by atoms with Crippen LogP contribution in [0, 0.1) is 18.8 Å². The quantitative estimate of drug-likeness (QED) is 0.650. The summed E-state index contributed by atoms with van der Waals surface area (Å²) in [5.74, 6) is -2.71. The summed E-state index contributed by atoms with van der Waals surface area (Å²) in [7, 11) is 0. The van der Waals surface area contributed by atoms with Gasteiger partial charge in [0.15, 0.2) is 0 Å². The van der Waals surface area contributed by atoms with Crippen molar-refractivity contribution in [1.82, 2.24) is 10.2 Å². The Balaban J connectivity index is 1.55. The third kappa shape index (κ3) is 2.77. The van der Waals surface area contributed by atoms with Crippen LogP contribution in [-0.2, 0) is 26.3 Å². The Morgan fingerprint density at radius 1 is 1.10 bits per heavy atom. The van der Waals surface area contributed by atoms with Gasteiger partial charge in [0, 0.05) is 23.8 Å². The molecule has 2 aromatic rings. The van der Waals surface area contributed by atoms with Crippen molar-refractivity contribution in [1.29, 1.82) is 0 Å². The molecule has 7 nitrogen and oxygen atoms in total. The minimum Gasteiger partial charge on any atom is -0.392 e. The van der Waals surface area contributed by atoms with Gasteiger partial charge in [-0.25, -0.2) is 0 Å². The first-order valence-corrected chi connectivity index (χ1v) is 10.6. The van der Waals surface area contributed by atoms with Crippen LogP contribution in [0.4, 0.5) is 5.69 Å². The van der Waals surface area contributed by atoms with E-state index in [0.717, 1.165) is 11.1 Å². The van der Waals surface area contributed by atoms with E-state index in [9.17, 15) is 19.5 Å². The maximum atomic E-state index is 13.6. The van der Waals surface area contributed by atoms with Crippen LogP contribution in [0.1, 0.15) is 23.6 Å². The molecule has 3 aliphatic rings. The number of carbonyl (C=O) groups is 3. The van der Waals surface area contributed by atoms with Crippen molar-refractivity contribution >= 4 is 23.4 Å². The van der Waals surface area contributed by atoms with Crippen molar-refractivity contribution in [2.45, 2.75) is 38.0 Å². The van der Waals surface area contributed by atoms with Crippen molar-refractivity contribution in [3.05, 3.63) is 65.2 Å². The van der Waals surface area contributed by atoms with Gasteiger partial charge in [0.05, 0.1) is 17.9 Å². The van der Waals surface area contributed by atoms with Crippen LogP contribution >= 0.6 is 0 Å². The van der Waals surface area contributed by atoms with Gasteiger partial charge in [-0.3, -0.25) is 24.6 Å². The van der Waals surface area contributed by atoms with Crippen LogP contribution in [0.25, 0.3) is 0 Å². The summed E-state index contributed by atoms with van der Waals surface area (Å²) in [6.45, 7) is 3.75. The van der Waals surface area contributed by atoms with Gasteiger partial charge in [0.2, 0.25) is 17.7 Å². The molecule has 7 heteroatoms. The Kier molecular flexibility index (Phi) is 4.50. The molecule has 160 valence electrons. The van der Waals surface area contributed by atoms with Gasteiger partial charge in [-0.05, 0) is 31.9 Å². The molecule has 5 atom stereocenters. The molecule has 0 saturated carbocycles. The van der Waals surface area contributed by atoms with E-state index in [1.54, 1.807) is 6.92 Å². The van der Waals surface area contributed by atoms with Gasteiger partial charge in [-0.1, -0.05) is 48.0 Å². The number of nitrogens with zero attached hydrogens (tertiary/aromatic N) is 1. The molecule has 3 amide bonds. The van der Waals surface area contributed by atoms with Gasteiger partial charge in [-0.15, -0.1) is 0 Å². The SMILES string of the molecule is Cc1ccc2c(c1)[C@@]1(N[C@H]([C@@H](C)O)[C@H]3C(=O)N(CCc4ccccc4)C(=O)[C@@H]31)C(=O)N2. The second-order valence-electron chi connectivity index (χ2n) is 8.79. The second-order valence-corrected chi connectivity index (χ2v) is 8.79. The zero-order valence-electron chi connectivity index (χ0n) is 17.5. The number of fused-ring (bicyclic) bond motifs is 4. The molecule has 2 fully saturated rings. The van der Waals surface area contributed by atoms with Crippen molar-refractivity contribution < 1.29 is 19.5 Å². The van der Waals surface area contributed by atoms with Crippen LogP contribution in [0.3, 0.4) is 0 Å². The fraction of sp³-hybridized carbons (Fsp3) is 0.375. The number of nitrogens with one attached hydrogen (secondary N) is 2. The van der Waals surface area contributed by atoms with E-state index in [1.807, 2.05) is 55.5 Å². The summed E-state index contributed by atoms with van der Waals surface area (Å²) in [6, 6.07) is 14.6. The molecule has 3 N–H and O–H groups in total. The van der Waals surface area contributed by atoms with E-state index >= 15 is 0 Å². The fourth-order valence-electron chi connectivity index (χ4n) is 5.43. The number of hydrogen-bond acceptors (Lipinski definition) is 5. The topological polar surface area (TPSA) is 98.7 Å². The molecular weight excluding hydrogens is 394 g/mol. The number of hydrogen-bond donors (Lipinski definition) is 3. The molecule has 0 aromatic heterocycles. The lowest BCUT2D eigenvalue weighted by Gasteiger charge is -2.30. The first-order valence-electron chi connectivity index (χ1n) is 10.6. The van der Waals surface area contributed by atoms with Crippen molar-refractivity contribution in [3.63, 3.8) is 0 Å². The number of carbonyl (C=O) groups excluding carboxylic acids is 3. The van der Waals surface area contributed by atoms with Crippen molar-refractivity contribution in [3.8, 4) is 0 Å². The van der Waals surface area contributed by atoms with Gasteiger partial charge >= 0.3 is 0 Å². The van der Waals surface area contributed by atoms with Gasteiger partial charge < -0.3 is 10.4 Å². The highest BCUT2D eigenvalue weighted by Gasteiger charge is 2.70. The maximum absolute atomic E-state index is 13.6. The molecule has 3 aliphatic heterocycles. The van der Waals surface area contributed by atoms with E-state index in [0.29, 0.717) is 17.7 Å². The van der Waals surface area contributed by atoms with Crippen LogP contribution in [0.5, 0.6) is 0 Å². The van der Waals surface area contributed by atoms with E-state index in [4.69, 9.17) is 0 Å². The van der Waals surface area contributed by atoms with E-state index in [-0.39, 0.29) is 24.3 Å². The summed E-state index contributed by atoms with van der Waals surface area (Å²) < 4.78 is 0. The highest BCUT2D eigenvalue weighted by molar-refractivity contribution is 6.15. The Morgan fingerprint density at radius 2 is 1.84 bits per heavy atom. The smallest absolute Gasteiger partial charge is 0.250 e. The van der Waals surface area contributed by atoms with Crippen LogP contribution in [0.2, 0.25) is 0 Å². The normalized spacial score (nSPS) is 30.0. The Bertz CT molecular complexity index is 1080. The number of rotatable bonds is 4. The molecule has 0 bridgehead atoms. The lowest BCUT2D eigenvalue weighted by atomic mass is 9.76. The van der Waals surface area contributed by atoms with Crippen LogP contribution in [0.15, 0.2) is 48.5 Å². The zero-order chi connectivity index (χ0) is 21.9. The Morgan fingerprint density at radius 3 is 2.55 bits per heavy atom.